The van der Waals surface area contributed by atoms with E-state index in [2.05, 4.69) is 30.7 Å². The first-order valence-electron chi connectivity index (χ1n) is 9.82. The second kappa shape index (κ2) is 9.09. The highest BCUT2D eigenvalue weighted by Gasteiger charge is 2.19. The first kappa shape index (κ1) is 22.0. The number of sulfonamides is 1. The van der Waals surface area contributed by atoms with E-state index in [1.165, 1.54) is 12.1 Å². The van der Waals surface area contributed by atoms with E-state index in [1.54, 1.807) is 55.7 Å². The highest BCUT2D eigenvalue weighted by molar-refractivity contribution is 7.92. The van der Waals surface area contributed by atoms with Crippen LogP contribution in [0.4, 0.5) is 11.7 Å². The van der Waals surface area contributed by atoms with Crippen LogP contribution in [0, 0.1) is 13.8 Å². The molecule has 2 aromatic carbocycles. The third-order valence-electron chi connectivity index (χ3n) is 4.68. The summed E-state index contributed by atoms with van der Waals surface area (Å²) in [5, 5.41) is 3.83. The molecule has 0 atom stereocenters. The van der Waals surface area contributed by atoms with Crippen LogP contribution in [0.25, 0.3) is 11.4 Å². The van der Waals surface area contributed by atoms with Gasteiger partial charge >= 0.3 is 6.01 Å². The van der Waals surface area contributed by atoms with Crippen molar-refractivity contribution in [2.45, 2.75) is 18.7 Å². The first-order chi connectivity index (χ1) is 15.8. The van der Waals surface area contributed by atoms with Crippen molar-refractivity contribution in [1.82, 2.24) is 20.6 Å². The van der Waals surface area contributed by atoms with Crippen molar-refractivity contribution < 1.29 is 17.7 Å². The molecule has 0 unspecified atom stereocenters. The Hall–Kier alpha value is -4.25. The maximum absolute atomic E-state index is 12.8. The van der Waals surface area contributed by atoms with Crippen LogP contribution in [-0.4, -0.2) is 29.4 Å². The van der Waals surface area contributed by atoms with Gasteiger partial charge in [-0.25, -0.2) is 13.8 Å². The van der Waals surface area contributed by atoms with Crippen LogP contribution in [0.1, 0.15) is 21.5 Å². The average molecular weight is 465 g/mol. The molecule has 168 valence electrons. The molecular weight excluding hydrogens is 444 g/mol. The number of carbonyl (C=O) groups is 1. The number of amides is 1. The van der Waals surface area contributed by atoms with E-state index in [0.29, 0.717) is 22.6 Å². The molecule has 4 rings (SSSR count). The minimum Gasteiger partial charge on any atom is -0.313 e. The molecule has 11 heteroatoms. The number of carbonyl (C=O) groups excluding carboxylic acids is 1. The standard InChI is InChI=1S/C22H20N6O4S/c1-14-4-3-5-17(12-14)28-33(30,31)18-7-6-15(2)19(13-18)21(29)25-26-22-24-20(27-32-22)16-8-10-23-11-9-16/h3-13,28H,1-2H3,(H,25,29)(H,24,26,27). The maximum Gasteiger partial charge on any atom is 0.340 e. The van der Waals surface area contributed by atoms with Gasteiger partial charge in [0.2, 0.25) is 5.82 Å². The fourth-order valence-corrected chi connectivity index (χ4v) is 4.08. The highest BCUT2D eigenvalue weighted by atomic mass is 32.2. The summed E-state index contributed by atoms with van der Waals surface area (Å²) in [4.78, 5) is 20.7. The highest BCUT2D eigenvalue weighted by Crippen LogP contribution is 2.20. The van der Waals surface area contributed by atoms with Crippen LogP contribution in [0.3, 0.4) is 0 Å². The molecule has 2 heterocycles. The maximum atomic E-state index is 12.8. The van der Waals surface area contributed by atoms with E-state index in [-0.39, 0.29) is 16.5 Å². The molecule has 0 radical (unpaired) electrons. The van der Waals surface area contributed by atoms with E-state index in [1.807, 2.05) is 13.0 Å². The van der Waals surface area contributed by atoms with Crippen molar-refractivity contribution in [2.75, 3.05) is 10.1 Å². The second-order valence-electron chi connectivity index (χ2n) is 7.19. The molecule has 0 aliphatic carbocycles. The molecule has 0 saturated carbocycles. The topological polar surface area (TPSA) is 139 Å². The molecule has 3 N–H and O–H groups in total. The van der Waals surface area contributed by atoms with E-state index < -0.39 is 15.9 Å². The minimum atomic E-state index is -3.89. The van der Waals surface area contributed by atoms with E-state index in [4.69, 9.17) is 4.52 Å². The largest absolute Gasteiger partial charge is 0.340 e. The van der Waals surface area contributed by atoms with Gasteiger partial charge in [0.15, 0.2) is 0 Å². The fourth-order valence-electron chi connectivity index (χ4n) is 3.01. The predicted octanol–water partition coefficient (Wildman–Crippen LogP) is 3.31. The zero-order chi connectivity index (χ0) is 23.4. The monoisotopic (exact) mass is 464 g/mol. The van der Waals surface area contributed by atoms with Gasteiger partial charge in [-0.15, -0.1) is 0 Å². The number of anilines is 2. The summed E-state index contributed by atoms with van der Waals surface area (Å²) in [5.74, 6) is -0.246. The molecule has 10 nitrogen and oxygen atoms in total. The first-order valence-corrected chi connectivity index (χ1v) is 11.3. The van der Waals surface area contributed by atoms with Gasteiger partial charge in [0, 0.05) is 29.2 Å². The fraction of sp³-hybridized carbons (Fsp3) is 0.0909. The molecule has 0 spiro atoms. The average Bonchev–Trinajstić information content (AvgIpc) is 3.27. The van der Waals surface area contributed by atoms with E-state index >= 15 is 0 Å². The summed E-state index contributed by atoms with van der Waals surface area (Å²) in [6.07, 6.45) is 3.19. The Balaban J connectivity index is 1.48. The Morgan fingerprint density at radius 3 is 2.55 bits per heavy atom. The summed E-state index contributed by atoms with van der Waals surface area (Å²) in [5.41, 5.74) is 7.79. The number of hydrogen-bond donors (Lipinski definition) is 3. The molecule has 0 saturated heterocycles. The van der Waals surface area contributed by atoms with Crippen LogP contribution >= 0.6 is 0 Å². The van der Waals surface area contributed by atoms with Gasteiger partial charge in [-0.05, 0) is 61.4 Å². The van der Waals surface area contributed by atoms with Gasteiger partial charge in [0.1, 0.15) is 0 Å². The molecule has 1 amide bonds. The number of hydrazine groups is 1. The molecule has 2 aromatic heterocycles. The molecule has 0 aliphatic rings. The van der Waals surface area contributed by atoms with Crippen molar-refractivity contribution in [2.24, 2.45) is 0 Å². The SMILES string of the molecule is Cc1cccc(NS(=O)(=O)c2ccc(C)c(C(=O)NNc3nc(-c4ccncc4)no3)c2)c1. The normalized spacial score (nSPS) is 11.1. The van der Waals surface area contributed by atoms with Gasteiger partial charge in [-0.3, -0.25) is 19.9 Å². The minimum absolute atomic E-state index is 0.0299. The van der Waals surface area contributed by atoms with Gasteiger partial charge in [-0.2, -0.15) is 4.98 Å². The van der Waals surface area contributed by atoms with E-state index in [0.717, 1.165) is 5.56 Å². The zero-order valence-electron chi connectivity index (χ0n) is 17.7. The zero-order valence-corrected chi connectivity index (χ0v) is 18.6. The van der Waals surface area contributed by atoms with Gasteiger partial charge < -0.3 is 4.52 Å². The molecule has 0 aliphatic heterocycles. The van der Waals surface area contributed by atoms with E-state index in [9.17, 15) is 13.2 Å². The van der Waals surface area contributed by atoms with Gasteiger partial charge in [0.25, 0.3) is 15.9 Å². The van der Waals surface area contributed by atoms with Crippen LogP contribution in [0.5, 0.6) is 0 Å². The lowest BCUT2D eigenvalue weighted by Gasteiger charge is -2.12. The number of benzene rings is 2. The third-order valence-corrected chi connectivity index (χ3v) is 6.06. The Labute approximate surface area is 190 Å². The molecule has 4 aromatic rings. The van der Waals surface area contributed by atoms with Crippen LogP contribution in [0.2, 0.25) is 0 Å². The second-order valence-corrected chi connectivity index (χ2v) is 8.87. The van der Waals surface area contributed by atoms with Crippen molar-refractivity contribution in [3.8, 4) is 11.4 Å². The summed E-state index contributed by atoms with van der Waals surface area (Å²) >= 11 is 0. The number of pyridine rings is 1. The smallest absolute Gasteiger partial charge is 0.313 e. The van der Waals surface area contributed by atoms with Gasteiger partial charge in [-0.1, -0.05) is 23.4 Å². The number of aryl methyl sites for hydroxylation is 2. The summed E-state index contributed by atoms with van der Waals surface area (Å²) in [7, 11) is -3.89. The molecular formula is C22H20N6O4S. The Morgan fingerprint density at radius 2 is 1.79 bits per heavy atom. The van der Waals surface area contributed by atoms with Crippen LogP contribution in [-0.2, 0) is 10.0 Å². The lowest BCUT2D eigenvalue weighted by Crippen LogP contribution is -2.30. The quantitative estimate of drug-likeness (QED) is 0.354. The number of nitrogens with zero attached hydrogens (tertiary/aromatic N) is 3. The predicted molar refractivity (Wildman–Crippen MR) is 122 cm³/mol. The summed E-state index contributed by atoms with van der Waals surface area (Å²) < 4.78 is 33.2. The van der Waals surface area contributed by atoms with Crippen molar-refractivity contribution >= 4 is 27.6 Å². The number of nitrogens with one attached hydrogen (secondary N) is 3. The molecule has 33 heavy (non-hydrogen) atoms. The summed E-state index contributed by atoms with van der Waals surface area (Å²) in [6.45, 7) is 3.57. The Kier molecular flexibility index (Phi) is 6.05. The van der Waals surface area contributed by atoms with Crippen LogP contribution in [0.15, 0.2) is 76.4 Å². The van der Waals surface area contributed by atoms with Crippen molar-refractivity contribution in [3.63, 3.8) is 0 Å². The van der Waals surface area contributed by atoms with Crippen molar-refractivity contribution in [3.05, 3.63) is 83.7 Å². The van der Waals surface area contributed by atoms with Crippen molar-refractivity contribution in [1.29, 1.82) is 0 Å². The molecule has 0 bridgehead atoms. The van der Waals surface area contributed by atoms with Crippen LogP contribution < -0.4 is 15.6 Å². The molecule has 0 fully saturated rings. The third kappa shape index (κ3) is 5.15. The number of hydrogen-bond acceptors (Lipinski definition) is 8. The number of rotatable bonds is 7. The van der Waals surface area contributed by atoms with Gasteiger partial charge in [0.05, 0.1) is 4.90 Å². The summed E-state index contributed by atoms with van der Waals surface area (Å²) in [6, 6.07) is 14.7. The number of aromatic nitrogens is 3. The lowest BCUT2D eigenvalue weighted by molar-refractivity contribution is 0.0960. The lowest BCUT2D eigenvalue weighted by atomic mass is 10.1. The Bertz CT molecular complexity index is 1400. The Morgan fingerprint density at radius 1 is 1.00 bits per heavy atom.